The maximum absolute atomic E-state index is 12.9. The Bertz CT molecular complexity index is 815. The summed E-state index contributed by atoms with van der Waals surface area (Å²) in [6.07, 6.45) is 13.3. The van der Waals surface area contributed by atoms with Crippen LogP contribution in [0, 0.1) is 5.92 Å². The normalized spacial score (nSPS) is 25.1. The summed E-state index contributed by atoms with van der Waals surface area (Å²) < 4.78 is 0. The van der Waals surface area contributed by atoms with E-state index < -0.39 is 24.1 Å². The molecule has 7 heteroatoms. The van der Waals surface area contributed by atoms with Crippen LogP contribution in [0.15, 0.2) is 30.3 Å². The number of carbonyl (C=O) groups excluding carboxylic acids is 3. The van der Waals surface area contributed by atoms with Crippen LogP contribution in [0.1, 0.15) is 109 Å². The summed E-state index contributed by atoms with van der Waals surface area (Å²) in [7, 11) is 0. The van der Waals surface area contributed by atoms with Crippen molar-refractivity contribution in [2.24, 2.45) is 5.92 Å². The van der Waals surface area contributed by atoms with E-state index in [9.17, 15) is 19.5 Å². The summed E-state index contributed by atoms with van der Waals surface area (Å²) in [6, 6.07) is 8.40. The van der Waals surface area contributed by atoms with Crippen LogP contribution < -0.4 is 16.0 Å². The first-order chi connectivity index (χ1) is 18.4. The zero-order valence-electron chi connectivity index (χ0n) is 23.7. The van der Waals surface area contributed by atoms with Crippen LogP contribution in [0.2, 0.25) is 0 Å². The standard InChI is InChI=1S/C31H51N3O4/c1-24(2)30-31(38)32-21-17-12-10-8-6-4-3-5-7-9-11-16-20-28(36)33-26(27(35)23-29(37)34-30)22-25-18-14-13-15-19-25/h13-15,18-19,24,26-27,30,35H,3-12,16-17,20-23H2,1-2H3,(H,32,38)(H,33,36)(H,34,37)/t26-,27-,30-/m0/s1. The molecule has 1 aliphatic heterocycles. The summed E-state index contributed by atoms with van der Waals surface area (Å²) in [4.78, 5) is 38.4. The molecular formula is C31H51N3O4. The smallest absolute Gasteiger partial charge is 0.242 e. The molecule has 1 aromatic rings. The summed E-state index contributed by atoms with van der Waals surface area (Å²) in [5, 5.41) is 19.8. The number of benzene rings is 1. The van der Waals surface area contributed by atoms with Crippen LogP contribution in [0.3, 0.4) is 0 Å². The van der Waals surface area contributed by atoms with Gasteiger partial charge in [-0.2, -0.15) is 0 Å². The summed E-state index contributed by atoms with van der Waals surface area (Å²) in [5.41, 5.74) is 0.977. The molecule has 4 N–H and O–H groups in total. The van der Waals surface area contributed by atoms with Gasteiger partial charge in [0.2, 0.25) is 17.7 Å². The van der Waals surface area contributed by atoms with Crippen molar-refractivity contribution in [3.8, 4) is 0 Å². The van der Waals surface area contributed by atoms with Crippen LogP contribution in [-0.4, -0.2) is 47.6 Å². The van der Waals surface area contributed by atoms with Gasteiger partial charge in [0.15, 0.2) is 0 Å². The fourth-order valence-corrected chi connectivity index (χ4v) is 5.03. The lowest BCUT2D eigenvalue weighted by molar-refractivity contribution is -0.131. The maximum atomic E-state index is 12.9. The Labute approximate surface area is 229 Å². The zero-order valence-corrected chi connectivity index (χ0v) is 23.7. The number of hydrogen-bond donors (Lipinski definition) is 4. The first kappa shape index (κ1) is 31.8. The Hall–Kier alpha value is -2.41. The van der Waals surface area contributed by atoms with E-state index in [1.165, 1.54) is 44.9 Å². The molecule has 0 aromatic heterocycles. The number of rotatable bonds is 3. The lowest BCUT2D eigenvalue weighted by Gasteiger charge is -2.26. The third-order valence-corrected chi connectivity index (χ3v) is 7.40. The number of hydrogen-bond acceptors (Lipinski definition) is 4. The second kappa shape index (κ2) is 18.8. The molecule has 3 amide bonds. The first-order valence-corrected chi connectivity index (χ1v) is 14.9. The van der Waals surface area contributed by atoms with Crippen LogP contribution in [0.5, 0.6) is 0 Å². The highest BCUT2D eigenvalue weighted by atomic mass is 16.3. The van der Waals surface area contributed by atoms with E-state index in [4.69, 9.17) is 0 Å². The lowest BCUT2D eigenvalue weighted by atomic mass is 9.97. The van der Waals surface area contributed by atoms with E-state index in [0.717, 1.165) is 37.7 Å². The van der Waals surface area contributed by atoms with Gasteiger partial charge in [-0.1, -0.05) is 108 Å². The predicted molar refractivity (Wildman–Crippen MR) is 152 cm³/mol. The van der Waals surface area contributed by atoms with Crippen LogP contribution >= 0.6 is 0 Å². The van der Waals surface area contributed by atoms with Crippen molar-refractivity contribution in [1.29, 1.82) is 0 Å². The molecule has 38 heavy (non-hydrogen) atoms. The molecule has 1 heterocycles. The van der Waals surface area contributed by atoms with Gasteiger partial charge in [-0.25, -0.2) is 0 Å². The van der Waals surface area contributed by atoms with Gasteiger partial charge >= 0.3 is 0 Å². The van der Waals surface area contributed by atoms with Crippen molar-refractivity contribution in [1.82, 2.24) is 16.0 Å². The van der Waals surface area contributed by atoms with Gasteiger partial charge in [0, 0.05) is 13.0 Å². The van der Waals surface area contributed by atoms with Crippen molar-refractivity contribution < 1.29 is 19.5 Å². The third-order valence-electron chi connectivity index (χ3n) is 7.40. The molecule has 0 radical (unpaired) electrons. The molecule has 1 saturated heterocycles. The Balaban J connectivity index is 2.04. The van der Waals surface area contributed by atoms with Crippen LogP contribution in [0.4, 0.5) is 0 Å². The van der Waals surface area contributed by atoms with Crippen molar-refractivity contribution in [2.45, 2.75) is 128 Å². The Morgan fingerprint density at radius 1 is 0.763 bits per heavy atom. The predicted octanol–water partition coefficient (Wildman–Crippen LogP) is 4.81. The van der Waals surface area contributed by atoms with Gasteiger partial charge < -0.3 is 21.1 Å². The minimum absolute atomic E-state index is 0.0885. The van der Waals surface area contributed by atoms with Crippen molar-refractivity contribution in [3.63, 3.8) is 0 Å². The topological polar surface area (TPSA) is 108 Å². The van der Waals surface area contributed by atoms with Crippen molar-refractivity contribution >= 4 is 17.7 Å². The highest BCUT2D eigenvalue weighted by Crippen LogP contribution is 2.14. The molecular weight excluding hydrogens is 478 g/mol. The molecule has 0 spiro atoms. The van der Waals surface area contributed by atoms with E-state index in [1.54, 1.807) is 0 Å². The molecule has 0 bridgehead atoms. The Kier molecular flexibility index (Phi) is 15.7. The van der Waals surface area contributed by atoms with Gasteiger partial charge in [-0.05, 0) is 30.7 Å². The second-order valence-corrected chi connectivity index (χ2v) is 11.2. The number of carbonyl (C=O) groups is 3. The number of aliphatic hydroxyl groups excluding tert-OH is 1. The molecule has 1 fully saturated rings. The fourth-order valence-electron chi connectivity index (χ4n) is 5.03. The average molecular weight is 530 g/mol. The third kappa shape index (κ3) is 13.4. The molecule has 0 saturated carbocycles. The minimum Gasteiger partial charge on any atom is -0.390 e. The molecule has 3 atom stereocenters. The zero-order chi connectivity index (χ0) is 27.6. The monoisotopic (exact) mass is 529 g/mol. The lowest BCUT2D eigenvalue weighted by Crippen LogP contribution is -2.52. The van der Waals surface area contributed by atoms with Gasteiger partial charge in [0.25, 0.3) is 0 Å². The molecule has 1 aliphatic rings. The molecule has 1 aromatic carbocycles. The summed E-state index contributed by atoms with van der Waals surface area (Å²) in [6.45, 7) is 4.40. The first-order valence-electron chi connectivity index (χ1n) is 14.9. The number of nitrogens with one attached hydrogen (secondary N) is 3. The SMILES string of the molecule is CC(C)[C@@H]1NC(=O)C[C@H](O)[C@H](Cc2ccccc2)NC(=O)CCCCCCCCCCCCCCNC1=O. The molecule has 214 valence electrons. The number of aliphatic hydroxyl groups is 1. The minimum atomic E-state index is -1.07. The quantitative estimate of drug-likeness (QED) is 0.451. The van der Waals surface area contributed by atoms with Gasteiger partial charge in [-0.3, -0.25) is 14.4 Å². The van der Waals surface area contributed by atoms with E-state index in [-0.39, 0.29) is 24.2 Å². The van der Waals surface area contributed by atoms with Crippen LogP contribution in [0.25, 0.3) is 0 Å². The highest BCUT2D eigenvalue weighted by molar-refractivity contribution is 5.88. The van der Waals surface area contributed by atoms with Gasteiger partial charge in [-0.15, -0.1) is 0 Å². The summed E-state index contributed by atoms with van der Waals surface area (Å²) in [5.74, 6) is -0.770. The van der Waals surface area contributed by atoms with Gasteiger partial charge in [0.1, 0.15) is 6.04 Å². The largest absolute Gasteiger partial charge is 0.390 e. The summed E-state index contributed by atoms with van der Waals surface area (Å²) >= 11 is 0. The fraction of sp³-hybridized carbons (Fsp3) is 0.710. The molecule has 0 aliphatic carbocycles. The van der Waals surface area contributed by atoms with E-state index in [2.05, 4.69) is 16.0 Å². The van der Waals surface area contributed by atoms with Gasteiger partial charge in [0.05, 0.1) is 18.6 Å². The van der Waals surface area contributed by atoms with Crippen molar-refractivity contribution in [2.75, 3.05) is 6.54 Å². The van der Waals surface area contributed by atoms with Crippen molar-refractivity contribution in [3.05, 3.63) is 35.9 Å². The van der Waals surface area contributed by atoms with E-state index in [1.807, 2.05) is 44.2 Å². The highest BCUT2D eigenvalue weighted by Gasteiger charge is 2.28. The second-order valence-electron chi connectivity index (χ2n) is 11.2. The Morgan fingerprint density at radius 3 is 1.89 bits per heavy atom. The molecule has 2 rings (SSSR count). The average Bonchev–Trinajstić information content (AvgIpc) is 2.88. The molecule has 7 nitrogen and oxygen atoms in total. The maximum Gasteiger partial charge on any atom is 0.242 e. The molecule has 0 unspecified atom stereocenters. The Morgan fingerprint density at radius 2 is 1.32 bits per heavy atom. The van der Waals surface area contributed by atoms with Crippen LogP contribution in [-0.2, 0) is 20.8 Å². The van der Waals surface area contributed by atoms with E-state index in [0.29, 0.717) is 19.4 Å². The van der Waals surface area contributed by atoms with E-state index >= 15 is 0 Å². The number of amides is 3.